The summed E-state index contributed by atoms with van der Waals surface area (Å²) in [6.07, 6.45) is 75.3. The highest BCUT2D eigenvalue weighted by Crippen LogP contribution is 2.43. The van der Waals surface area contributed by atoms with Crippen LogP contribution >= 0.6 is 7.82 Å². The van der Waals surface area contributed by atoms with E-state index < -0.39 is 20.0 Å². The summed E-state index contributed by atoms with van der Waals surface area (Å²) in [6, 6.07) is -0.895. The molecule has 0 saturated carbocycles. The van der Waals surface area contributed by atoms with Gasteiger partial charge in [0.15, 0.2) is 0 Å². The molecule has 0 aliphatic heterocycles. The molecule has 3 atom stereocenters. The Bertz CT molecular complexity index is 1470. The Kier molecular flexibility index (Phi) is 50.4. The molecule has 0 rings (SSSR count). The highest BCUT2D eigenvalue weighted by Gasteiger charge is 2.27. The Morgan fingerprint density at radius 1 is 0.493 bits per heavy atom. The summed E-state index contributed by atoms with van der Waals surface area (Å²) >= 11 is 0. The lowest BCUT2D eigenvalue weighted by Crippen LogP contribution is -2.45. The normalized spacial score (nSPS) is 14.6. The second-order valence-electron chi connectivity index (χ2n) is 20.6. The number of nitrogens with one attached hydrogen (secondary N) is 1. The number of phosphoric ester groups is 1. The van der Waals surface area contributed by atoms with Crippen molar-refractivity contribution in [3.8, 4) is 0 Å². The minimum absolute atomic E-state index is 0.0415. The van der Waals surface area contributed by atoms with Gasteiger partial charge in [-0.2, -0.15) is 0 Å². The number of aliphatic hydroxyl groups excluding tert-OH is 1. The molecule has 0 aromatic heterocycles. The number of rotatable bonds is 52. The Balaban J connectivity index is 4.31. The van der Waals surface area contributed by atoms with Crippen LogP contribution in [0, 0.1) is 0 Å². The van der Waals surface area contributed by atoms with Crippen LogP contribution in [0.1, 0.15) is 239 Å². The van der Waals surface area contributed by atoms with Crippen LogP contribution in [0.2, 0.25) is 0 Å². The van der Waals surface area contributed by atoms with E-state index in [1.54, 1.807) is 6.08 Å². The molecule has 3 N–H and O–H groups in total. The molecule has 410 valence electrons. The number of hydrogen-bond acceptors (Lipinski definition) is 5. The molecule has 1 amide bonds. The second kappa shape index (κ2) is 52.3. The van der Waals surface area contributed by atoms with Crippen LogP contribution in [0.15, 0.2) is 97.2 Å². The maximum absolute atomic E-state index is 12.9. The minimum atomic E-state index is -4.38. The van der Waals surface area contributed by atoms with E-state index in [-0.39, 0.29) is 19.1 Å². The van der Waals surface area contributed by atoms with Gasteiger partial charge < -0.3 is 19.8 Å². The van der Waals surface area contributed by atoms with E-state index in [0.717, 1.165) is 77.0 Å². The molecule has 0 spiro atoms. The van der Waals surface area contributed by atoms with Gasteiger partial charge in [0.1, 0.15) is 13.2 Å². The van der Waals surface area contributed by atoms with Crippen LogP contribution < -0.4 is 5.32 Å². The molecule has 0 bridgehead atoms. The number of allylic oxidation sites excluding steroid dienone is 15. The molecule has 0 heterocycles. The van der Waals surface area contributed by atoms with Crippen LogP contribution in [0.4, 0.5) is 0 Å². The number of carbonyl (C=O) groups is 1. The molecule has 0 aliphatic carbocycles. The summed E-state index contributed by atoms with van der Waals surface area (Å²) in [5.74, 6) is -0.225. The smallest absolute Gasteiger partial charge is 0.387 e. The quantitative estimate of drug-likeness (QED) is 0.0243. The van der Waals surface area contributed by atoms with Crippen LogP contribution in [-0.4, -0.2) is 73.4 Å². The number of likely N-dealkylation sites (N-methyl/N-ethyl adjacent to an activating group) is 1. The van der Waals surface area contributed by atoms with E-state index >= 15 is 0 Å². The molecule has 0 saturated heterocycles. The maximum atomic E-state index is 12.9. The van der Waals surface area contributed by atoms with E-state index in [9.17, 15) is 19.4 Å². The fourth-order valence-corrected chi connectivity index (χ4v) is 8.72. The predicted octanol–water partition coefficient (Wildman–Crippen LogP) is 17.8. The first kappa shape index (κ1) is 68.4. The van der Waals surface area contributed by atoms with Crippen molar-refractivity contribution in [2.45, 2.75) is 251 Å². The van der Waals surface area contributed by atoms with Gasteiger partial charge in [-0.1, -0.05) is 239 Å². The van der Waals surface area contributed by atoms with Gasteiger partial charge in [0, 0.05) is 6.42 Å². The third-order valence-electron chi connectivity index (χ3n) is 12.5. The Hall–Kier alpha value is -2.58. The van der Waals surface area contributed by atoms with Gasteiger partial charge in [-0.15, -0.1) is 0 Å². The van der Waals surface area contributed by atoms with Crippen molar-refractivity contribution in [1.82, 2.24) is 5.32 Å². The number of hydrogen-bond donors (Lipinski definition) is 3. The average molecular weight is 1010 g/mol. The summed E-state index contributed by atoms with van der Waals surface area (Å²) in [6.45, 7) is 4.65. The fourth-order valence-electron chi connectivity index (χ4n) is 7.98. The average Bonchev–Trinajstić information content (AvgIpc) is 3.33. The number of amides is 1. The summed E-state index contributed by atoms with van der Waals surface area (Å²) < 4.78 is 23.7. The number of quaternary nitrogens is 1. The van der Waals surface area contributed by atoms with Gasteiger partial charge in [0.05, 0.1) is 39.9 Å². The van der Waals surface area contributed by atoms with Gasteiger partial charge in [-0.05, 0) is 89.9 Å². The largest absolute Gasteiger partial charge is 0.472 e. The molecule has 3 unspecified atom stereocenters. The molecular weight excluding hydrogens is 900 g/mol. The van der Waals surface area contributed by atoms with Gasteiger partial charge in [0.2, 0.25) is 5.91 Å². The molecule has 9 heteroatoms. The van der Waals surface area contributed by atoms with E-state index in [1.807, 2.05) is 27.2 Å². The zero-order chi connectivity index (χ0) is 52.0. The zero-order valence-corrected chi connectivity index (χ0v) is 47.6. The topological polar surface area (TPSA) is 105 Å². The first-order chi connectivity index (χ1) is 34.5. The monoisotopic (exact) mass is 1010 g/mol. The van der Waals surface area contributed by atoms with Crippen molar-refractivity contribution in [3.63, 3.8) is 0 Å². The molecule has 0 aliphatic rings. The lowest BCUT2D eigenvalue weighted by atomic mass is 10.0. The molecule has 0 fully saturated rings. The van der Waals surface area contributed by atoms with Crippen molar-refractivity contribution < 1.29 is 32.9 Å². The third kappa shape index (κ3) is 55.0. The van der Waals surface area contributed by atoms with Gasteiger partial charge >= 0.3 is 7.82 Å². The minimum Gasteiger partial charge on any atom is -0.387 e. The van der Waals surface area contributed by atoms with Crippen molar-refractivity contribution >= 4 is 13.7 Å². The fraction of sp³-hybridized carbons (Fsp3) is 0.726. The number of aliphatic hydroxyl groups is 1. The van der Waals surface area contributed by atoms with Gasteiger partial charge in [-0.3, -0.25) is 13.8 Å². The number of phosphoric acid groups is 1. The highest BCUT2D eigenvalue weighted by molar-refractivity contribution is 7.47. The summed E-state index contributed by atoms with van der Waals surface area (Å²) in [5, 5.41) is 13.9. The van der Waals surface area contributed by atoms with Gasteiger partial charge in [-0.25, -0.2) is 4.57 Å². The molecular formula is C62H112N2O6P+. The van der Waals surface area contributed by atoms with Crippen molar-refractivity contribution in [2.75, 3.05) is 40.9 Å². The molecule has 0 aromatic carbocycles. The number of nitrogens with zero attached hydrogens (tertiary/aromatic N) is 1. The lowest BCUT2D eigenvalue weighted by Gasteiger charge is -2.25. The van der Waals surface area contributed by atoms with E-state index in [1.165, 1.54) is 135 Å². The number of unbranched alkanes of at least 4 members (excludes halogenated alkanes) is 25. The predicted molar refractivity (Wildman–Crippen MR) is 309 cm³/mol. The third-order valence-corrected chi connectivity index (χ3v) is 13.5. The Labute approximate surface area is 439 Å². The van der Waals surface area contributed by atoms with Crippen molar-refractivity contribution in [3.05, 3.63) is 97.2 Å². The summed E-state index contributed by atoms with van der Waals surface area (Å²) in [7, 11) is 1.51. The summed E-state index contributed by atoms with van der Waals surface area (Å²) in [4.78, 5) is 23.3. The van der Waals surface area contributed by atoms with Crippen LogP contribution in [-0.2, 0) is 18.4 Å². The number of carbonyl (C=O) groups excluding carboxylic acids is 1. The van der Waals surface area contributed by atoms with Crippen LogP contribution in [0.25, 0.3) is 0 Å². The first-order valence-corrected chi connectivity index (χ1v) is 30.6. The Morgan fingerprint density at radius 3 is 1.30 bits per heavy atom. The van der Waals surface area contributed by atoms with Gasteiger partial charge in [0.25, 0.3) is 0 Å². The van der Waals surface area contributed by atoms with Crippen molar-refractivity contribution in [2.24, 2.45) is 0 Å². The zero-order valence-electron chi connectivity index (χ0n) is 46.7. The van der Waals surface area contributed by atoms with Crippen LogP contribution in [0.5, 0.6) is 0 Å². The molecule has 0 aromatic rings. The van der Waals surface area contributed by atoms with E-state index in [0.29, 0.717) is 23.9 Å². The SMILES string of the molecule is CC/C=C\C/C=C\C/C=C\C/C=C\C/C=C\CCCCCC(=O)NC(COP(=O)(O)OCC[N+](C)(C)C)C(O)/C=C/CC/C=C/CC/C=C/CCCCCCCCCCCCCCCCCCCCCC. The Morgan fingerprint density at radius 2 is 0.859 bits per heavy atom. The molecule has 71 heavy (non-hydrogen) atoms. The second-order valence-corrected chi connectivity index (χ2v) is 22.1. The summed E-state index contributed by atoms with van der Waals surface area (Å²) in [5.41, 5.74) is 0. The highest BCUT2D eigenvalue weighted by atomic mass is 31.2. The lowest BCUT2D eigenvalue weighted by molar-refractivity contribution is -0.870. The molecule has 8 nitrogen and oxygen atoms in total. The van der Waals surface area contributed by atoms with Crippen molar-refractivity contribution in [1.29, 1.82) is 0 Å². The van der Waals surface area contributed by atoms with E-state index in [4.69, 9.17) is 9.05 Å². The van der Waals surface area contributed by atoms with E-state index in [2.05, 4.69) is 104 Å². The maximum Gasteiger partial charge on any atom is 0.472 e. The van der Waals surface area contributed by atoms with Crippen LogP contribution in [0.3, 0.4) is 0 Å². The standard InChI is InChI=1S/C62H111N2O6P/c1-6-8-10-12-14-16-18-20-22-24-26-27-28-29-30-31-32-33-34-35-36-38-39-41-43-45-47-49-51-53-55-61(65)60(59-70-71(67,68)69-58-57-64(3,4)5)63-62(66)56-54-52-50-48-46-44-42-40-37-25-23-21-19-17-15-13-11-9-7-2/h9,11,15,17,21,23,37-40,44-47,53,55,60-61,65H,6-8,10,12-14,16,18-20,22,24-36,41-43,48-52,54,56-59H2,1-5H3,(H-,63,66,67,68)/p+1/b11-9-,17-15-,23-21-,39-38+,40-37-,46-44-,47-45+,55-53+. The first-order valence-electron chi connectivity index (χ1n) is 29.1. The molecule has 0 radical (unpaired) electrons.